The van der Waals surface area contributed by atoms with Gasteiger partial charge in [0, 0.05) is 24.2 Å². The molecule has 0 fully saturated rings. The van der Waals surface area contributed by atoms with Crippen molar-refractivity contribution in [3.63, 3.8) is 0 Å². The molecular weight excluding hydrogens is 420 g/mol. The number of carboxylic acid groups (broad SMARTS) is 2. The summed E-state index contributed by atoms with van der Waals surface area (Å²) in [4.78, 5) is 62.1. The minimum Gasteiger partial charge on any atom is -0.481 e. The van der Waals surface area contributed by atoms with Gasteiger partial charge in [0.1, 0.15) is 6.04 Å². The highest BCUT2D eigenvalue weighted by Gasteiger charge is 2.21. The van der Waals surface area contributed by atoms with Crippen molar-refractivity contribution in [2.45, 2.75) is 25.4 Å². The van der Waals surface area contributed by atoms with Gasteiger partial charge in [0.2, 0.25) is 0 Å². The number of amides is 1. The van der Waals surface area contributed by atoms with Crippen molar-refractivity contribution < 1.29 is 24.6 Å². The van der Waals surface area contributed by atoms with Gasteiger partial charge >= 0.3 is 17.6 Å². The van der Waals surface area contributed by atoms with Crippen molar-refractivity contribution in [2.75, 3.05) is 5.32 Å². The van der Waals surface area contributed by atoms with Crippen molar-refractivity contribution in [2.24, 2.45) is 0 Å². The van der Waals surface area contributed by atoms with E-state index in [9.17, 15) is 24.0 Å². The van der Waals surface area contributed by atoms with Gasteiger partial charge < -0.3 is 25.8 Å². The second-order valence-corrected chi connectivity index (χ2v) is 7.02. The summed E-state index contributed by atoms with van der Waals surface area (Å²) >= 11 is 0. The average molecular weight is 440 g/mol. The zero-order valence-corrected chi connectivity index (χ0v) is 16.7. The Morgan fingerprint density at radius 3 is 2.34 bits per heavy atom. The molecule has 0 spiro atoms. The molecule has 6 N–H and O–H groups in total. The molecule has 2 aromatic carbocycles. The highest BCUT2D eigenvalue weighted by atomic mass is 16.4. The number of aromatic amines is 2. The number of hydrogen-bond acceptors (Lipinski definition) is 6. The maximum atomic E-state index is 12.3. The van der Waals surface area contributed by atoms with Crippen LogP contribution >= 0.6 is 0 Å². The number of carbonyl (C=O) groups excluding carboxylic acids is 1. The van der Waals surface area contributed by atoms with Crippen molar-refractivity contribution in [3.8, 4) is 0 Å². The first kappa shape index (κ1) is 22.3. The minimum absolute atomic E-state index is 0.221. The average Bonchev–Trinajstić information content (AvgIpc) is 2.75. The van der Waals surface area contributed by atoms with E-state index in [1.807, 2.05) is 0 Å². The molecule has 0 bridgehead atoms. The first-order valence-corrected chi connectivity index (χ1v) is 9.57. The largest absolute Gasteiger partial charge is 0.481 e. The van der Waals surface area contributed by atoms with Crippen LogP contribution in [0.15, 0.2) is 52.1 Å². The van der Waals surface area contributed by atoms with Gasteiger partial charge in [-0.3, -0.25) is 19.4 Å². The molecule has 11 heteroatoms. The molecule has 0 unspecified atom stereocenters. The molecule has 0 aliphatic rings. The van der Waals surface area contributed by atoms with Crippen LogP contribution in [0.4, 0.5) is 5.69 Å². The number of nitrogens with one attached hydrogen (secondary N) is 4. The maximum absolute atomic E-state index is 12.3. The number of aliphatic carboxylic acids is 2. The normalized spacial score (nSPS) is 11.6. The Kier molecular flexibility index (Phi) is 6.68. The molecule has 0 aliphatic heterocycles. The molecule has 0 radical (unpaired) electrons. The van der Waals surface area contributed by atoms with E-state index >= 15 is 0 Å². The van der Waals surface area contributed by atoms with E-state index in [1.165, 1.54) is 12.1 Å². The summed E-state index contributed by atoms with van der Waals surface area (Å²) in [6, 6.07) is 10.0. The van der Waals surface area contributed by atoms with Crippen LogP contribution < -0.4 is 21.9 Å². The van der Waals surface area contributed by atoms with Crippen LogP contribution in [0.3, 0.4) is 0 Å². The van der Waals surface area contributed by atoms with E-state index in [2.05, 4.69) is 20.6 Å². The lowest BCUT2D eigenvalue weighted by Gasteiger charge is -2.14. The first-order chi connectivity index (χ1) is 15.2. The summed E-state index contributed by atoms with van der Waals surface area (Å²) in [6.07, 6.45) is -0.598. The second-order valence-electron chi connectivity index (χ2n) is 7.02. The zero-order valence-electron chi connectivity index (χ0n) is 16.7. The summed E-state index contributed by atoms with van der Waals surface area (Å²) in [7, 11) is 0. The summed E-state index contributed by atoms with van der Waals surface area (Å²) in [6.45, 7) is 0.380. The van der Waals surface area contributed by atoms with Crippen LogP contribution in [0.5, 0.6) is 0 Å². The highest BCUT2D eigenvalue weighted by Crippen LogP contribution is 2.15. The lowest BCUT2D eigenvalue weighted by atomic mass is 10.1. The van der Waals surface area contributed by atoms with Crippen LogP contribution in [0.1, 0.15) is 28.8 Å². The Labute approximate surface area is 180 Å². The molecule has 32 heavy (non-hydrogen) atoms. The topological polar surface area (TPSA) is 181 Å². The molecule has 1 amide bonds. The summed E-state index contributed by atoms with van der Waals surface area (Å²) < 4.78 is 0. The molecule has 3 rings (SSSR count). The van der Waals surface area contributed by atoms with Crippen LogP contribution in [0.25, 0.3) is 10.9 Å². The third kappa shape index (κ3) is 5.59. The van der Waals surface area contributed by atoms with Gasteiger partial charge in [-0.25, -0.2) is 9.59 Å². The maximum Gasteiger partial charge on any atom is 0.326 e. The van der Waals surface area contributed by atoms with E-state index in [4.69, 9.17) is 10.2 Å². The predicted octanol–water partition coefficient (Wildman–Crippen LogP) is 0.876. The summed E-state index contributed by atoms with van der Waals surface area (Å²) in [5, 5.41) is 23.6. The number of hydrogen-bond donors (Lipinski definition) is 6. The number of carboxylic acids is 2. The number of benzene rings is 2. The fourth-order valence-electron chi connectivity index (χ4n) is 3.02. The number of H-pyrrole nitrogens is 2. The molecule has 1 aromatic heterocycles. The Balaban J connectivity index is 1.63. The van der Waals surface area contributed by atoms with E-state index in [-0.39, 0.29) is 18.4 Å². The van der Waals surface area contributed by atoms with Crippen LogP contribution in [0.2, 0.25) is 0 Å². The van der Waals surface area contributed by atoms with Crippen LogP contribution in [-0.4, -0.2) is 44.1 Å². The number of anilines is 1. The lowest BCUT2D eigenvalue weighted by Crippen LogP contribution is -2.41. The number of carbonyl (C=O) groups is 3. The quantitative estimate of drug-likeness (QED) is 0.283. The first-order valence-electron chi connectivity index (χ1n) is 9.57. The van der Waals surface area contributed by atoms with Crippen molar-refractivity contribution in [3.05, 3.63) is 74.4 Å². The lowest BCUT2D eigenvalue weighted by molar-refractivity contribution is -0.140. The second kappa shape index (κ2) is 9.60. The molecule has 11 nitrogen and oxygen atoms in total. The molecule has 166 valence electrons. The minimum atomic E-state index is -1.31. The molecule has 1 atom stereocenters. The van der Waals surface area contributed by atoms with Gasteiger partial charge in [0.25, 0.3) is 11.5 Å². The third-order valence-corrected chi connectivity index (χ3v) is 4.70. The Hall–Kier alpha value is -4.41. The molecule has 0 saturated heterocycles. The van der Waals surface area contributed by atoms with Crippen molar-refractivity contribution >= 4 is 34.4 Å². The Morgan fingerprint density at radius 2 is 1.69 bits per heavy atom. The van der Waals surface area contributed by atoms with Crippen molar-refractivity contribution in [1.29, 1.82) is 0 Å². The fraction of sp³-hybridized carbons (Fsp3) is 0.190. The number of rotatable bonds is 9. The number of fused-ring (bicyclic) bond motifs is 1. The monoisotopic (exact) mass is 440 g/mol. The van der Waals surface area contributed by atoms with Gasteiger partial charge in [0.05, 0.1) is 10.9 Å². The zero-order chi connectivity index (χ0) is 23.3. The van der Waals surface area contributed by atoms with Gasteiger partial charge in [-0.1, -0.05) is 12.1 Å². The smallest absolute Gasteiger partial charge is 0.326 e. The van der Waals surface area contributed by atoms with Crippen molar-refractivity contribution in [1.82, 2.24) is 15.3 Å². The molecule has 0 saturated carbocycles. The van der Waals surface area contributed by atoms with Gasteiger partial charge in [-0.05, 0) is 42.3 Å². The van der Waals surface area contributed by atoms with Gasteiger partial charge in [-0.15, -0.1) is 0 Å². The highest BCUT2D eigenvalue weighted by molar-refractivity contribution is 5.96. The van der Waals surface area contributed by atoms with Crippen LogP contribution in [0, 0.1) is 0 Å². The van der Waals surface area contributed by atoms with E-state index < -0.39 is 35.1 Å². The SMILES string of the molecule is O=C(O)CC[C@H](NC(=O)c1ccc(CNc2ccc3[nH]c(=O)[nH]c(=O)c3c2)cc1)C(=O)O. The summed E-state index contributed by atoms with van der Waals surface area (Å²) in [5.41, 5.74) is 1.05. The third-order valence-electron chi connectivity index (χ3n) is 4.70. The fourth-order valence-corrected chi connectivity index (χ4v) is 3.02. The van der Waals surface area contributed by atoms with E-state index in [0.717, 1.165) is 5.56 Å². The standard InChI is InChI=1S/C21H20N4O7/c26-17(27)8-7-16(20(30)31)23-18(28)12-3-1-11(2-4-12)10-22-13-5-6-15-14(9-13)19(29)25-21(32)24-15/h1-6,9,16,22H,7-8,10H2,(H,23,28)(H,26,27)(H,30,31)(H2,24,25,29,32)/t16-/m0/s1. The van der Waals surface area contributed by atoms with Gasteiger partial charge in [-0.2, -0.15) is 0 Å². The predicted molar refractivity (Wildman–Crippen MR) is 115 cm³/mol. The number of aromatic nitrogens is 2. The molecular formula is C21H20N4O7. The van der Waals surface area contributed by atoms with Crippen LogP contribution in [-0.2, 0) is 16.1 Å². The Bertz CT molecular complexity index is 1280. The summed E-state index contributed by atoms with van der Waals surface area (Å²) in [5.74, 6) is -3.07. The molecule has 0 aliphatic carbocycles. The molecule has 3 aromatic rings. The van der Waals surface area contributed by atoms with E-state index in [0.29, 0.717) is 23.1 Å². The Morgan fingerprint density at radius 1 is 0.969 bits per heavy atom. The van der Waals surface area contributed by atoms with E-state index in [1.54, 1.807) is 30.3 Å². The van der Waals surface area contributed by atoms with Gasteiger partial charge in [0.15, 0.2) is 0 Å². The molecule has 1 heterocycles.